The van der Waals surface area contributed by atoms with E-state index in [4.69, 9.17) is 4.42 Å². The summed E-state index contributed by atoms with van der Waals surface area (Å²) in [6.45, 7) is 9.90. The van der Waals surface area contributed by atoms with Crippen molar-refractivity contribution in [3.63, 3.8) is 0 Å². The van der Waals surface area contributed by atoms with Crippen molar-refractivity contribution >= 4 is 17.3 Å². The third-order valence-corrected chi connectivity index (χ3v) is 4.29. The van der Waals surface area contributed by atoms with Crippen LogP contribution < -0.4 is 10.6 Å². The number of aryl methyl sites for hydroxylation is 3. The van der Waals surface area contributed by atoms with E-state index in [0.717, 1.165) is 35.4 Å². The maximum atomic E-state index is 5.54. The van der Waals surface area contributed by atoms with E-state index in [1.807, 2.05) is 27.0 Å². The molecule has 0 atom stereocenters. The number of oxazole rings is 1. The molecular formula is C15H23N5OS. The molecule has 0 amide bonds. The van der Waals surface area contributed by atoms with Crippen LogP contribution in [0.5, 0.6) is 0 Å². The van der Waals surface area contributed by atoms with Crippen LogP contribution in [-0.2, 0) is 19.5 Å². The molecule has 22 heavy (non-hydrogen) atoms. The summed E-state index contributed by atoms with van der Waals surface area (Å²) < 4.78 is 5.54. The van der Waals surface area contributed by atoms with Crippen molar-refractivity contribution < 1.29 is 4.42 Å². The molecule has 0 aliphatic rings. The van der Waals surface area contributed by atoms with Gasteiger partial charge in [-0.1, -0.05) is 6.92 Å². The summed E-state index contributed by atoms with van der Waals surface area (Å²) in [7, 11) is 0. The summed E-state index contributed by atoms with van der Waals surface area (Å²) >= 11 is 1.73. The first-order valence-electron chi connectivity index (χ1n) is 7.51. The second-order valence-electron chi connectivity index (χ2n) is 4.87. The van der Waals surface area contributed by atoms with Crippen LogP contribution in [0.4, 0.5) is 0 Å². The summed E-state index contributed by atoms with van der Waals surface area (Å²) in [5, 5.41) is 7.56. The highest BCUT2D eigenvalue weighted by atomic mass is 32.1. The first-order valence-corrected chi connectivity index (χ1v) is 8.32. The molecule has 0 aliphatic heterocycles. The van der Waals surface area contributed by atoms with Gasteiger partial charge in [-0.3, -0.25) is 0 Å². The van der Waals surface area contributed by atoms with Gasteiger partial charge in [-0.2, -0.15) is 0 Å². The Hall–Kier alpha value is -1.89. The standard InChI is InChI=1S/C15H23N5OS/c1-5-12-7-17-14(22-12)9-19-15(16-6-2)18-8-13-20-10(3)11(4)21-13/h7H,5-6,8-9H2,1-4H3,(H2,16,18,19). The Bertz CT molecular complexity index is 612. The minimum atomic E-state index is 0.419. The summed E-state index contributed by atoms with van der Waals surface area (Å²) in [5.41, 5.74) is 0.915. The number of nitrogens with zero attached hydrogens (tertiary/aromatic N) is 3. The van der Waals surface area contributed by atoms with E-state index in [1.54, 1.807) is 11.3 Å². The van der Waals surface area contributed by atoms with Gasteiger partial charge in [-0.15, -0.1) is 11.3 Å². The van der Waals surface area contributed by atoms with Crippen LogP contribution in [0.15, 0.2) is 15.6 Å². The Kier molecular flexibility index (Phi) is 5.94. The van der Waals surface area contributed by atoms with Gasteiger partial charge in [0.1, 0.15) is 17.3 Å². The monoisotopic (exact) mass is 321 g/mol. The fourth-order valence-corrected chi connectivity index (χ4v) is 2.65. The quantitative estimate of drug-likeness (QED) is 0.632. The fraction of sp³-hybridized carbons (Fsp3) is 0.533. The summed E-state index contributed by atoms with van der Waals surface area (Å²) in [6, 6.07) is 0. The zero-order valence-corrected chi connectivity index (χ0v) is 14.4. The van der Waals surface area contributed by atoms with Crippen molar-refractivity contribution in [2.24, 2.45) is 4.99 Å². The van der Waals surface area contributed by atoms with E-state index < -0.39 is 0 Å². The van der Waals surface area contributed by atoms with Gasteiger partial charge in [0.2, 0.25) is 5.89 Å². The fourth-order valence-electron chi connectivity index (χ4n) is 1.85. The Balaban J connectivity index is 1.94. The molecule has 0 unspecified atom stereocenters. The molecule has 6 nitrogen and oxygen atoms in total. The van der Waals surface area contributed by atoms with E-state index in [0.29, 0.717) is 19.0 Å². The summed E-state index contributed by atoms with van der Waals surface area (Å²) in [4.78, 5) is 14.5. The molecule has 0 radical (unpaired) electrons. The average Bonchev–Trinajstić information content (AvgIpc) is 3.09. The first-order chi connectivity index (χ1) is 10.6. The molecule has 0 fully saturated rings. The summed E-state index contributed by atoms with van der Waals surface area (Å²) in [5.74, 6) is 2.22. The Morgan fingerprint density at radius 2 is 2.14 bits per heavy atom. The van der Waals surface area contributed by atoms with E-state index in [1.165, 1.54) is 4.88 Å². The van der Waals surface area contributed by atoms with Gasteiger partial charge in [-0.25, -0.2) is 15.0 Å². The number of aliphatic imine (C=N–C) groups is 1. The molecule has 0 bridgehead atoms. The van der Waals surface area contributed by atoms with Crippen molar-refractivity contribution in [1.29, 1.82) is 0 Å². The van der Waals surface area contributed by atoms with Gasteiger partial charge in [0.05, 0.1) is 12.2 Å². The molecular weight excluding hydrogens is 298 g/mol. The maximum absolute atomic E-state index is 5.54. The lowest BCUT2D eigenvalue weighted by molar-refractivity contribution is 0.473. The molecule has 2 heterocycles. The largest absolute Gasteiger partial charge is 0.444 e. The number of rotatable bonds is 6. The SMILES string of the molecule is CCNC(=NCc1nc(C)c(C)o1)NCc1ncc(CC)s1. The van der Waals surface area contributed by atoms with Crippen LogP contribution in [0.3, 0.4) is 0 Å². The average molecular weight is 321 g/mol. The predicted molar refractivity (Wildman–Crippen MR) is 89.1 cm³/mol. The maximum Gasteiger partial charge on any atom is 0.216 e. The molecule has 0 aliphatic carbocycles. The van der Waals surface area contributed by atoms with E-state index >= 15 is 0 Å². The van der Waals surface area contributed by atoms with Crippen molar-refractivity contribution in [2.75, 3.05) is 6.54 Å². The number of hydrogen-bond donors (Lipinski definition) is 2. The molecule has 2 aromatic heterocycles. The van der Waals surface area contributed by atoms with Crippen LogP contribution in [-0.4, -0.2) is 22.5 Å². The summed E-state index contributed by atoms with van der Waals surface area (Å²) in [6.07, 6.45) is 2.96. The normalized spacial score (nSPS) is 11.7. The lowest BCUT2D eigenvalue weighted by Gasteiger charge is -2.09. The van der Waals surface area contributed by atoms with Crippen LogP contribution in [0.1, 0.15) is 41.1 Å². The van der Waals surface area contributed by atoms with Crippen molar-refractivity contribution in [2.45, 2.75) is 47.2 Å². The number of nitrogens with one attached hydrogen (secondary N) is 2. The molecule has 0 saturated heterocycles. The van der Waals surface area contributed by atoms with Gasteiger partial charge >= 0.3 is 0 Å². The third-order valence-electron chi connectivity index (χ3n) is 3.15. The van der Waals surface area contributed by atoms with E-state index in [9.17, 15) is 0 Å². The third kappa shape index (κ3) is 4.56. The number of hydrogen-bond acceptors (Lipinski definition) is 5. The Labute approximate surface area is 135 Å². The minimum absolute atomic E-state index is 0.419. The molecule has 0 spiro atoms. The lowest BCUT2D eigenvalue weighted by atomic mass is 10.4. The lowest BCUT2D eigenvalue weighted by Crippen LogP contribution is -2.36. The van der Waals surface area contributed by atoms with Gasteiger partial charge in [0, 0.05) is 17.6 Å². The van der Waals surface area contributed by atoms with E-state index in [2.05, 4.69) is 32.5 Å². The Morgan fingerprint density at radius 3 is 2.73 bits per heavy atom. The van der Waals surface area contributed by atoms with Crippen LogP contribution in [0, 0.1) is 13.8 Å². The van der Waals surface area contributed by atoms with Crippen LogP contribution in [0.25, 0.3) is 0 Å². The first kappa shape index (κ1) is 16.5. The molecule has 2 aromatic rings. The van der Waals surface area contributed by atoms with Crippen molar-refractivity contribution in [1.82, 2.24) is 20.6 Å². The van der Waals surface area contributed by atoms with Gasteiger partial charge in [-0.05, 0) is 27.2 Å². The van der Waals surface area contributed by atoms with Gasteiger partial charge in [0.15, 0.2) is 5.96 Å². The molecule has 7 heteroatoms. The number of thiazole rings is 1. The molecule has 2 N–H and O–H groups in total. The minimum Gasteiger partial charge on any atom is -0.444 e. The van der Waals surface area contributed by atoms with Crippen molar-refractivity contribution in [3.05, 3.63) is 33.4 Å². The smallest absolute Gasteiger partial charge is 0.216 e. The molecule has 0 aromatic carbocycles. The highest BCUT2D eigenvalue weighted by Crippen LogP contribution is 2.13. The number of guanidine groups is 1. The topological polar surface area (TPSA) is 75.3 Å². The van der Waals surface area contributed by atoms with Gasteiger partial charge in [0.25, 0.3) is 0 Å². The zero-order valence-electron chi connectivity index (χ0n) is 13.6. The number of aromatic nitrogens is 2. The van der Waals surface area contributed by atoms with Crippen molar-refractivity contribution in [3.8, 4) is 0 Å². The van der Waals surface area contributed by atoms with Crippen LogP contribution >= 0.6 is 11.3 Å². The second kappa shape index (κ2) is 7.93. The molecule has 0 saturated carbocycles. The second-order valence-corrected chi connectivity index (χ2v) is 6.07. The van der Waals surface area contributed by atoms with Crippen LogP contribution in [0.2, 0.25) is 0 Å². The molecule has 120 valence electrons. The molecule has 2 rings (SSSR count). The zero-order chi connectivity index (χ0) is 15.9. The Morgan fingerprint density at radius 1 is 1.32 bits per heavy atom. The van der Waals surface area contributed by atoms with E-state index in [-0.39, 0.29) is 0 Å². The highest BCUT2D eigenvalue weighted by Gasteiger charge is 2.06. The predicted octanol–water partition coefficient (Wildman–Crippen LogP) is 2.57. The highest BCUT2D eigenvalue weighted by molar-refractivity contribution is 7.11. The van der Waals surface area contributed by atoms with Gasteiger partial charge < -0.3 is 15.1 Å².